The molecule has 5 rings (SSSR count). The van der Waals surface area contributed by atoms with Gasteiger partial charge in [-0.05, 0) is 68.6 Å². The van der Waals surface area contributed by atoms with Gasteiger partial charge in [0.15, 0.2) is 0 Å². The fraction of sp³-hybridized carbons (Fsp3) is 0.179. The summed E-state index contributed by atoms with van der Waals surface area (Å²) in [6.45, 7) is 8.81. The van der Waals surface area contributed by atoms with Gasteiger partial charge in [0.2, 0.25) is 0 Å². The maximum absolute atomic E-state index is 6.24. The molecular formula is C28H24ClN. The van der Waals surface area contributed by atoms with Crippen molar-refractivity contribution >= 4 is 43.9 Å². The molecule has 2 heteroatoms. The molecule has 0 spiro atoms. The maximum atomic E-state index is 6.24. The normalized spacial score (nSPS) is 12.2. The molecule has 1 aromatic heterocycles. The quantitative estimate of drug-likeness (QED) is 0.253. The Morgan fingerprint density at radius 2 is 1.37 bits per heavy atom. The third-order valence-electron chi connectivity index (χ3n) is 6.06. The molecule has 4 aromatic carbocycles. The number of rotatable bonds is 1. The summed E-state index contributed by atoms with van der Waals surface area (Å²) in [5.41, 5.74) is 4.66. The summed E-state index contributed by atoms with van der Waals surface area (Å²) < 4.78 is 0. The lowest BCUT2D eigenvalue weighted by Gasteiger charge is -2.20. The lowest BCUT2D eigenvalue weighted by molar-refractivity contribution is 0.591. The van der Waals surface area contributed by atoms with Crippen LogP contribution in [0.1, 0.15) is 31.9 Å². The number of hydrogen-bond donors (Lipinski definition) is 0. The van der Waals surface area contributed by atoms with Crippen LogP contribution < -0.4 is 0 Å². The van der Waals surface area contributed by atoms with Crippen LogP contribution in [0.2, 0.25) is 5.02 Å². The predicted octanol–water partition coefficient (Wildman–Crippen LogP) is 8.47. The molecule has 0 aliphatic heterocycles. The fourth-order valence-corrected chi connectivity index (χ4v) is 4.42. The molecular weight excluding hydrogens is 386 g/mol. The Morgan fingerprint density at radius 1 is 0.700 bits per heavy atom. The van der Waals surface area contributed by atoms with Crippen molar-refractivity contribution in [2.75, 3.05) is 0 Å². The molecule has 0 bridgehead atoms. The Balaban J connectivity index is 1.77. The highest BCUT2D eigenvalue weighted by Gasteiger charge is 2.15. The van der Waals surface area contributed by atoms with Gasteiger partial charge in [0.05, 0.1) is 5.69 Å². The second kappa shape index (κ2) is 6.82. The first kappa shape index (κ1) is 19.1. The minimum atomic E-state index is 0.143. The Kier molecular flexibility index (Phi) is 4.34. The van der Waals surface area contributed by atoms with Gasteiger partial charge in [-0.2, -0.15) is 0 Å². The number of aryl methyl sites for hydroxylation is 1. The second-order valence-electron chi connectivity index (χ2n) is 9.13. The average molecular weight is 410 g/mol. The van der Waals surface area contributed by atoms with E-state index in [-0.39, 0.29) is 5.41 Å². The molecule has 1 nitrogen and oxygen atoms in total. The Hall–Kier alpha value is -2.90. The zero-order valence-corrected chi connectivity index (χ0v) is 18.5. The maximum Gasteiger partial charge on any atom is 0.0780 e. The molecule has 0 saturated carbocycles. The summed E-state index contributed by atoms with van der Waals surface area (Å²) >= 11 is 6.24. The van der Waals surface area contributed by atoms with Gasteiger partial charge in [-0.1, -0.05) is 80.9 Å². The first-order chi connectivity index (χ1) is 14.3. The number of halogens is 1. The van der Waals surface area contributed by atoms with Crippen molar-refractivity contribution < 1.29 is 0 Å². The van der Waals surface area contributed by atoms with E-state index in [2.05, 4.69) is 81.4 Å². The van der Waals surface area contributed by atoms with Crippen LogP contribution in [0, 0.1) is 6.92 Å². The monoisotopic (exact) mass is 409 g/mol. The first-order valence-electron chi connectivity index (χ1n) is 10.3. The highest BCUT2D eigenvalue weighted by atomic mass is 35.5. The van der Waals surface area contributed by atoms with Crippen molar-refractivity contribution in [3.63, 3.8) is 0 Å². The van der Waals surface area contributed by atoms with E-state index in [4.69, 9.17) is 16.6 Å². The van der Waals surface area contributed by atoms with Crippen LogP contribution in [0.3, 0.4) is 0 Å². The fourth-order valence-electron chi connectivity index (χ4n) is 4.30. The summed E-state index contributed by atoms with van der Waals surface area (Å²) in [6, 6.07) is 24.1. The summed E-state index contributed by atoms with van der Waals surface area (Å²) in [5, 5.41) is 8.30. The molecule has 0 radical (unpaired) electrons. The third-order valence-corrected chi connectivity index (χ3v) is 6.48. The smallest absolute Gasteiger partial charge is 0.0780 e. The lowest BCUT2D eigenvalue weighted by atomic mass is 9.85. The molecule has 0 aliphatic rings. The molecule has 148 valence electrons. The van der Waals surface area contributed by atoms with E-state index in [1.54, 1.807) is 0 Å². The summed E-state index contributed by atoms with van der Waals surface area (Å²) in [7, 11) is 0. The van der Waals surface area contributed by atoms with Crippen LogP contribution in [-0.4, -0.2) is 4.98 Å². The van der Waals surface area contributed by atoms with Gasteiger partial charge in [-0.3, -0.25) is 4.98 Å². The standard InChI is InChI=1S/C28H24ClN/c1-17-15-19(6-12-26(17)29)27-25-11-10-22-21-9-7-20(28(2,3)4)16-18(21)5-8-23(22)24(25)13-14-30-27/h5-16H,1-4H3. The molecule has 0 N–H and O–H groups in total. The molecule has 0 aliphatic carbocycles. The van der Waals surface area contributed by atoms with Gasteiger partial charge in [-0.15, -0.1) is 0 Å². The van der Waals surface area contributed by atoms with Crippen molar-refractivity contribution in [1.82, 2.24) is 4.98 Å². The SMILES string of the molecule is Cc1cc(-c2nccc3c2ccc2c4ccc(C(C)(C)C)cc4ccc32)ccc1Cl. The molecule has 0 atom stereocenters. The summed E-state index contributed by atoms with van der Waals surface area (Å²) in [4.78, 5) is 4.71. The topological polar surface area (TPSA) is 12.9 Å². The average Bonchev–Trinajstić information content (AvgIpc) is 2.73. The predicted molar refractivity (Wildman–Crippen MR) is 131 cm³/mol. The molecule has 0 unspecified atom stereocenters. The van der Waals surface area contributed by atoms with Gasteiger partial charge >= 0.3 is 0 Å². The van der Waals surface area contributed by atoms with E-state index in [1.807, 2.05) is 19.2 Å². The van der Waals surface area contributed by atoms with Crippen LogP contribution in [0.5, 0.6) is 0 Å². The zero-order chi connectivity index (χ0) is 21.0. The molecule has 5 aromatic rings. The third kappa shape index (κ3) is 3.05. The number of pyridine rings is 1. The number of benzene rings is 4. The van der Waals surface area contributed by atoms with E-state index in [0.717, 1.165) is 27.2 Å². The van der Waals surface area contributed by atoms with Crippen molar-refractivity contribution in [1.29, 1.82) is 0 Å². The zero-order valence-electron chi connectivity index (χ0n) is 17.8. The first-order valence-corrected chi connectivity index (χ1v) is 10.7. The Labute approximate surface area is 182 Å². The number of hydrogen-bond acceptors (Lipinski definition) is 1. The molecule has 0 saturated heterocycles. The molecule has 30 heavy (non-hydrogen) atoms. The van der Waals surface area contributed by atoms with Crippen LogP contribution in [0.25, 0.3) is 43.6 Å². The Morgan fingerprint density at radius 3 is 2.13 bits per heavy atom. The number of fused-ring (bicyclic) bond motifs is 5. The van der Waals surface area contributed by atoms with Crippen molar-refractivity contribution in [3.8, 4) is 11.3 Å². The number of aromatic nitrogens is 1. The van der Waals surface area contributed by atoms with Gasteiger partial charge in [0, 0.05) is 22.2 Å². The Bertz CT molecular complexity index is 1440. The largest absolute Gasteiger partial charge is 0.256 e. The van der Waals surface area contributed by atoms with Crippen LogP contribution in [-0.2, 0) is 5.41 Å². The van der Waals surface area contributed by atoms with E-state index < -0.39 is 0 Å². The van der Waals surface area contributed by atoms with Crippen molar-refractivity contribution in [2.45, 2.75) is 33.1 Å². The van der Waals surface area contributed by atoms with Crippen LogP contribution in [0.15, 0.2) is 72.9 Å². The highest BCUT2D eigenvalue weighted by molar-refractivity contribution is 6.31. The van der Waals surface area contributed by atoms with Crippen LogP contribution in [0.4, 0.5) is 0 Å². The van der Waals surface area contributed by atoms with E-state index in [9.17, 15) is 0 Å². The van der Waals surface area contributed by atoms with Gasteiger partial charge in [-0.25, -0.2) is 0 Å². The lowest BCUT2D eigenvalue weighted by Crippen LogP contribution is -2.10. The van der Waals surface area contributed by atoms with E-state index >= 15 is 0 Å². The second-order valence-corrected chi connectivity index (χ2v) is 9.54. The van der Waals surface area contributed by atoms with Crippen LogP contribution >= 0.6 is 11.6 Å². The molecule has 0 amide bonds. The minimum absolute atomic E-state index is 0.143. The highest BCUT2D eigenvalue weighted by Crippen LogP contribution is 2.36. The van der Waals surface area contributed by atoms with Crippen molar-refractivity contribution in [3.05, 3.63) is 89.1 Å². The minimum Gasteiger partial charge on any atom is -0.256 e. The van der Waals surface area contributed by atoms with Gasteiger partial charge < -0.3 is 0 Å². The number of nitrogens with zero attached hydrogens (tertiary/aromatic N) is 1. The van der Waals surface area contributed by atoms with Crippen molar-refractivity contribution in [2.24, 2.45) is 0 Å². The van der Waals surface area contributed by atoms with E-state index in [1.165, 1.54) is 32.5 Å². The summed E-state index contributed by atoms with van der Waals surface area (Å²) in [5.74, 6) is 0. The molecule has 0 fully saturated rings. The summed E-state index contributed by atoms with van der Waals surface area (Å²) in [6.07, 6.45) is 1.91. The van der Waals surface area contributed by atoms with Gasteiger partial charge in [0.1, 0.15) is 0 Å². The van der Waals surface area contributed by atoms with E-state index in [0.29, 0.717) is 0 Å². The molecule has 1 heterocycles. The van der Waals surface area contributed by atoms with Gasteiger partial charge in [0.25, 0.3) is 0 Å².